The first kappa shape index (κ1) is 14.5. The Morgan fingerprint density at radius 1 is 1.32 bits per heavy atom. The summed E-state index contributed by atoms with van der Waals surface area (Å²) in [5.41, 5.74) is 10.2. The average Bonchev–Trinajstić information content (AvgIpc) is 2.54. The van der Waals surface area contributed by atoms with Gasteiger partial charge in [0.15, 0.2) is 5.96 Å². The van der Waals surface area contributed by atoms with Crippen molar-refractivity contribution in [2.45, 2.75) is 38.5 Å². The molecule has 5 heteroatoms. The molecule has 114 valence electrons. The van der Waals surface area contributed by atoms with Crippen molar-refractivity contribution in [3.8, 4) is 0 Å². The zero-order valence-electron chi connectivity index (χ0n) is 12.8. The number of hydrogen-bond donors (Lipinski definition) is 3. The molecule has 4 N–H and O–H groups in total. The summed E-state index contributed by atoms with van der Waals surface area (Å²) in [7, 11) is 0. The monoisotopic (exact) mass is 295 g/mol. The van der Waals surface area contributed by atoms with E-state index < -0.39 is 0 Å². The number of fused-ring (bicyclic) bond motifs is 1. The number of nitrogens with one attached hydrogen (secondary N) is 2. The molecule has 0 spiro atoms. The fourth-order valence-electron chi connectivity index (χ4n) is 3.16. The lowest BCUT2D eigenvalue weighted by atomic mass is 9.81. The van der Waals surface area contributed by atoms with E-state index in [1.165, 1.54) is 11.1 Å². The standard InChI is InChI=1S/C17H21N5/c1-2-14-13-10-12(11-6-4-3-5-7-11)8-9-15(13)21-17(20-14)22-16(18)19/h3-7,12H,2,8-10H2,1H3,(H4,18,19,20,21,22). The number of benzene rings is 1. The van der Waals surface area contributed by atoms with Gasteiger partial charge < -0.3 is 5.73 Å². The third-order valence-corrected chi connectivity index (χ3v) is 4.21. The van der Waals surface area contributed by atoms with Crippen LogP contribution in [0.2, 0.25) is 0 Å². The number of aromatic nitrogens is 2. The van der Waals surface area contributed by atoms with Crippen molar-refractivity contribution < 1.29 is 0 Å². The first-order chi connectivity index (χ1) is 10.7. The third-order valence-electron chi connectivity index (χ3n) is 4.21. The Morgan fingerprint density at radius 3 is 2.77 bits per heavy atom. The van der Waals surface area contributed by atoms with Crippen LogP contribution in [0.15, 0.2) is 30.3 Å². The highest BCUT2D eigenvalue weighted by atomic mass is 15.2. The van der Waals surface area contributed by atoms with Crippen molar-refractivity contribution >= 4 is 11.9 Å². The Balaban J connectivity index is 1.92. The summed E-state index contributed by atoms with van der Waals surface area (Å²) in [6, 6.07) is 10.7. The van der Waals surface area contributed by atoms with Crippen LogP contribution in [0.4, 0.5) is 5.95 Å². The van der Waals surface area contributed by atoms with E-state index in [2.05, 4.69) is 52.5 Å². The van der Waals surface area contributed by atoms with E-state index in [4.69, 9.17) is 11.1 Å². The van der Waals surface area contributed by atoms with Gasteiger partial charge in [-0.05, 0) is 42.7 Å². The molecule has 1 aliphatic rings. The molecule has 1 heterocycles. The maximum absolute atomic E-state index is 7.33. The number of anilines is 1. The number of nitrogens with zero attached hydrogens (tertiary/aromatic N) is 2. The summed E-state index contributed by atoms with van der Waals surface area (Å²) < 4.78 is 0. The molecule has 1 unspecified atom stereocenters. The zero-order valence-corrected chi connectivity index (χ0v) is 12.8. The van der Waals surface area contributed by atoms with E-state index in [1.54, 1.807) is 0 Å². The molecule has 0 saturated carbocycles. The van der Waals surface area contributed by atoms with E-state index in [1.807, 2.05) is 0 Å². The molecule has 22 heavy (non-hydrogen) atoms. The molecule has 1 atom stereocenters. The van der Waals surface area contributed by atoms with Crippen LogP contribution >= 0.6 is 0 Å². The number of rotatable bonds is 3. The molecule has 0 aliphatic heterocycles. The van der Waals surface area contributed by atoms with Crippen molar-refractivity contribution in [1.82, 2.24) is 9.97 Å². The van der Waals surface area contributed by atoms with Crippen molar-refractivity contribution in [2.75, 3.05) is 5.32 Å². The fraction of sp³-hybridized carbons (Fsp3) is 0.353. The van der Waals surface area contributed by atoms with Crippen molar-refractivity contribution in [3.63, 3.8) is 0 Å². The second-order valence-corrected chi connectivity index (χ2v) is 5.66. The van der Waals surface area contributed by atoms with Crippen LogP contribution in [0, 0.1) is 5.41 Å². The second-order valence-electron chi connectivity index (χ2n) is 5.66. The smallest absolute Gasteiger partial charge is 0.229 e. The molecular formula is C17H21N5. The molecule has 1 aromatic heterocycles. The Kier molecular flexibility index (Phi) is 4.04. The Hall–Kier alpha value is -2.43. The molecule has 0 fully saturated rings. The van der Waals surface area contributed by atoms with Gasteiger partial charge >= 0.3 is 0 Å². The minimum absolute atomic E-state index is 0.125. The predicted octanol–water partition coefficient (Wildman–Crippen LogP) is 2.62. The van der Waals surface area contributed by atoms with Crippen LogP contribution < -0.4 is 11.1 Å². The molecule has 1 aromatic carbocycles. The van der Waals surface area contributed by atoms with Gasteiger partial charge in [0.2, 0.25) is 5.95 Å². The van der Waals surface area contributed by atoms with Crippen LogP contribution in [0.3, 0.4) is 0 Å². The molecule has 0 radical (unpaired) electrons. The highest BCUT2D eigenvalue weighted by molar-refractivity contribution is 5.87. The summed E-state index contributed by atoms with van der Waals surface area (Å²) >= 11 is 0. The molecule has 5 nitrogen and oxygen atoms in total. The molecule has 2 aromatic rings. The summed E-state index contributed by atoms with van der Waals surface area (Å²) in [6.07, 6.45) is 3.88. The van der Waals surface area contributed by atoms with E-state index in [9.17, 15) is 0 Å². The minimum atomic E-state index is -0.125. The number of nitrogens with two attached hydrogens (primary N) is 1. The van der Waals surface area contributed by atoms with Crippen LogP contribution in [-0.4, -0.2) is 15.9 Å². The van der Waals surface area contributed by atoms with Gasteiger partial charge in [-0.2, -0.15) is 0 Å². The van der Waals surface area contributed by atoms with Gasteiger partial charge in [-0.25, -0.2) is 9.97 Å². The van der Waals surface area contributed by atoms with Gasteiger partial charge in [-0.3, -0.25) is 10.7 Å². The Bertz CT molecular complexity index is 664. The number of hydrogen-bond acceptors (Lipinski definition) is 3. The summed E-state index contributed by atoms with van der Waals surface area (Å²) in [4.78, 5) is 9.08. The fourth-order valence-corrected chi connectivity index (χ4v) is 3.16. The molecule has 0 bridgehead atoms. The van der Waals surface area contributed by atoms with Gasteiger partial charge in [0.25, 0.3) is 0 Å². The Labute approximate surface area is 130 Å². The maximum Gasteiger partial charge on any atom is 0.229 e. The van der Waals surface area contributed by atoms with Crippen molar-refractivity contribution in [1.29, 1.82) is 5.41 Å². The normalized spacial score (nSPS) is 16.9. The average molecular weight is 295 g/mol. The van der Waals surface area contributed by atoms with Gasteiger partial charge in [0.05, 0.1) is 0 Å². The lowest BCUT2D eigenvalue weighted by Gasteiger charge is -2.26. The van der Waals surface area contributed by atoms with Crippen molar-refractivity contribution in [3.05, 3.63) is 52.8 Å². The SMILES string of the molecule is CCc1nc(NC(=N)N)nc2c1CC(c1ccccc1)CC2. The zero-order chi connectivity index (χ0) is 15.5. The van der Waals surface area contributed by atoms with Gasteiger partial charge in [-0.15, -0.1) is 0 Å². The number of guanidine groups is 1. The predicted molar refractivity (Wildman–Crippen MR) is 88.2 cm³/mol. The number of aryl methyl sites for hydroxylation is 2. The third kappa shape index (κ3) is 2.93. The summed E-state index contributed by atoms with van der Waals surface area (Å²) in [5.74, 6) is 0.857. The van der Waals surface area contributed by atoms with Gasteiger partial charge in [-0.1, -0.05) is 37.3 Å². The lowest BCUT2D eigenvalue weighted by Crippen LogP contribution is -2.24. The largest absolute Gasteiger partial charge is 0.370 e. The first-order valence-corrected chi connectivity index (χ1v) is 7.72. The summed E-state index contributed by atoms with van der Waals surface area (Å²) in [5, 5.41) is 10.0. The van der Waals surface area contributed by atoms with E-state index in [-0.39, 0.29) is 5.96 Å². The highest BCUT2D eigenvalue weighted by Gasteiger charge is 2.24. The highest BCUT2D eigenvalue weighted by Crippen LogP contribution is 2.33. The second kappa shape index (κ2) is 6.13. The minimum Gasteiger partial charge on any atom is -0.370 e. The Morgan fingerprint density at radius 2 is 2.09 bits per heavy atom. The molecule has 3 rings (SSSR count). The van der Waals surface area contributed by atoms with Gasteiger partial charge in [0, 0.05) is 11.4 Å². The van der Waals surface area contributed by atoms with Crippen LogP contribution in [0.25, 0.3) is 0 Å². The van der Waals surface area contributed by atoms with E-state index in [0.717, 1.165) is 37.1 Å². The first-order valence-electron chi connectivity index (χ1n) is 7.72. The molecule has 0 amide bonds. The lowest BCUT2D eigenvalue weighted by molar-refractivity contribution is 0.566. The molecule has 0 saturated heterocycles. The van der Waals surface area contributed by atoms with Crippen LogP contribution in [0.5, 0.6) is 0 Å². The van der Waals surface area contributed by atoms with Crippen LogP contribution in [0.1, 0.15) is 41.8 Å². The quantitative estimate of drug-likeness (QED) is 0.600. The van der Waals surface area contributed by atoms with Crippen LogP contribution in [-0.2, 0) is 19.3 Å². The topological polar surface area (TPSA) is 87.7 Å². The van der Waals surface area contributed by atoms with E-state index in [0.29, 0.717) is 11.9 Å². The van der Waals surface area contributed by atoms with Gasteiger partial charge in [0.1, 0.15) is 0 Å². The van der Waals surface area contributed by atoms with Crippen molar-refractivity contribution in [2.24, 2.45) is 5.73 Å². The molecular weight excluding hydrogens is 274 g/mol. The molecule has 1 aliphatic carbocycles. The maximum atomic E-state index is 7.33. The van der Waals surface area contributed by atoms with E-state index >= 15 is 0 Å². The summed E-state index contributed by atoms with van der Waals surface area (Å²) in [6.45, 7) is 2.10.